The molecule has 214 valence electrons. The highest BCUT2D eigenvalue weighted by Crippen LogP contribution is 2.30. The molecule has 0 spiro atoms. The number of piperidine rings is 2. The Morgan fingerprint density at radius 2 is 1.56 bits per heavy atom. The first-order chi connectivity index (χ1) is 18.9. The van der Waals surface area contributed by atoms with Crippen LogP contribution in [0.5, 0.6) is 11.5 Å². The number of rotatable bonds is 13. The van der Waals surface area contributed by atoms with E-state index in [-0.39, 0.29) is 11.3 Å². The van der Waals surface area contributed by atoms with E-state index >= 15 is 0 Å². The van der Waals surface area contributed by atoms with Crippen LogP contribution in [0.4, 0.5) is 0 Å². The van der Waals surface area contributed by atoms with Crippen LogP contribution >= 0.6 is 0 Å². The zero-order valence-corrected chi connectivity index (χ0v) is 23.8. The van der Waals surface area contributed by atoms with Gasteiger partial charge in [-0.05, 0) is 87.2 Å². The molecule has 0 aliphatic carbocycles. The van der Waals surface area contributed by atoms with Crippen molar-refractivity contribution in [1.82, 2.24) is 9.80 Å². The molecule has 2 heterocycles. The van der Waals surface area contributed by atoms with Crippen molar-refractivity contribution in [3.8, 4) is 11.5 Å². The molecular weight excluding hydrogens is 516 g/mol. The lowest BCUT2D eigenvalue weighted by Gasteiger charge is -2.37. The van der Waals surface area contributed by atoms with Gasteiger partial charge in [-0.25, -0.2) is 8.42 Å². The Labute approximate surface area is 232 Å². The summed E-state index contributed by atoms with van der Waals surface area (Å²) in [7, 11) is -3.66. The van der Waals surface area contributed by atoms with Crippen LogP contribution < -0.4 is 9.47 Å². The minimum Gasteiger partial charge on any atom is -0.494 e. The van der Waals surface area contributed by atoms with Gasteiger partial charge in [-0.3, -0.25) is 14.6 Å². The molecular formula is C30H42N2O6S. The van der Waals surface area contributed by atoms with E-state index in [0.717, 1.165) is 43.8 Å². The molecule has 2 aliphatic rings. The third-order valence-electron chi connectivity index (χ3n) is 7.74. The normalized spacial score (nSPS) is 20.9. The summed E-state index contributed by atoms with van der Waals surface area (Å²) in [6.07, 6.45) is 6.25. The van der Waals surface area contributed by atoms with Crippen LogP contribution in [-0.4, -0.2) is 80.0 Å². The summed E-state index contributed by atoms with van der Waals surface area (Å²) >= 11 is 0. The van der Waals surface area contributed by atoms with E-state index in [1.165, 1.54) is 19.3 Å². The van der Waals surface area contributed by atoms with Crippen molar-refractivity contribution in [2.45, 2.75) is 74.6 Å². The Morgan fingerprint density at radius 3 is 2.21 bits per heavy atom. The van der Waals surface area contributed by atoms with Gasteiger partial charge in [-0.1, -0.05) is 31.9 Å². The molecule has 2 atom stereocenters. The van der Waals surface area contributed by atoms with Crippen molar-refractivity contribution >= 4 is 15.8 Å². The van der Waals surface area contributed by atoms with Gasteiger partial charge in [0.05, 0.1) is 16.8 Å². The van der Waals surface area contributed by atoms with Gasteiger partial charge in [0.2, 0.25) is 0 Å². The first-order valence-corrected chi connectivity index (χ1v) is 15.8. The standard InChI is InChI=1S/C30H42N2O6S/c1-2-3-20-37-26-11-13-27(14-12-26)39(35,36)28-15-18-32(29(22-28)30(33)34)23-24-7-9-25(10-8-24)38-21-19-31-16-5-4-6-17-31/h7-14,28-29H,2-6,15-23H2,1H3,(H,33,34). The summed E-state index contributed by atoms with van der Waals surface area (Å²) in [5.74, 6) is 0.448. The number of likely N-dealkylation sites (tertiary alicyclic amines) is 2. The molecule has 39 heavy (non-hydrogen) atoms. The lowest BCUT2D eigenvalue weighted by atomic mass is 10.0. The molecule has 0 aromatic heterocycles. The van der Waals surface area contributed by atoms with Crippen LogP contribution in [0, 0.1) is 0 Å². The van der Waals surface area contributed by atoms with Gasteiger partial charge in [-0.2, -0.15) is 0 Å². The average molecular weight is 559 g/mol. The minimum atomic E-state index is -3.66. The van der Waals surface area contributed by atoms with Crippen molar-refractivity contribution in [3.05, 3.63) is 54.1 Å². The van der Waals surface area contributed by atoms with E-state index in [9.17, 15) is 18.3 Å². The zero-order valence-electron chi connectivity index (χ0n) is 23.0. The van der Waals surface area contributed by atoms with Gasteiger partial charge in [-0.15, -0.1) is 0 Å². The number of unbranched alkanes of at least 4 members (excludes halogenated alkanes) is 1. The molecule has 9 heteroatoms. The number of ether oxygens (including phenoxy) is 2. The molecule has 2 aromatic carbocycles. The van der Waals surface area contributed by atoms with Gasteiger partial charge >= 0.3 is 5.97 Å². The molecule has 2 aromatic rings. The molecule has 2 aliphatic heterocycles. The number of sulfone groups is 1. The number of hydrogen-bond donors (Lipinski definition) is 1. The summed E-state index contributed by atoms with van der Waals surface area (Å²) in [6, 6.07) is 13.4. The number of carboxylic acid groups (broad SMARTS) is 1. The molecule has 2 unspecified atom stereocenters. The summed E-state index contributed by atoms with van der Waals surface area (Å²) in [6.45, 7) is 7.38. The first kappa shape index (κ1) is 29.4. The van der Waals surface area contributed by atoms with E-state index in [0.29, 0.717) is 38.5 Å². The van der Waals surface area contributed by atoms with Gasteiger partial charge in [0.1, 0.15) is 24.1 Å². The van der Waals surface area contributed by atoms with Crippen LogP contribution in [-0.2, 0) is 21.2 Å². The third-order valence-corrected chi connectivity index (χ3v) is 9.98. The Balaban J connectivity index is 1.31. The molecule has 2 fully saturated rings. The molecule has 0 bridgehead atoms. The van der Waals surface area contributed by atoms with Crippen LogP contribution in [0.3, 0.4) is 0 Å². The monoisotopic (exact) mass is 558 g/mol. The molecule has 2 saturated heterocycles. The van der Waals surface area contributed by atoms with Crippen molar-refractivity contribution in [2.75, 3.05) is 39.4 Å². The quantitative estimate of drug-likeness (QED) is 0.356. The van der Waals surface area contributed by atoms with Crippen LogP contribution in [0.1, 0.15) is 57.4 Å². The maximum Gasteiger partial charge on any atom is 0.320 e. The number of aliphatic carboxylic acids is 1. The molecule has 0 amide bonds. The maximum absolute atomic E-state index is 13.3. The van der Waals surface area contributed by atoms with Gasteiger partial charge in [0.15, 0.2) is 9.84 Å². The van der Waals surface area contributed by atoms with Crippen LogP contribution in [0.15, 0.2) is 53.4 Å². The Morgan fingerprint density at radius 1 is 0.923 bits per heavy atom. The number of benzene rings is 2. The Kier molecular flexibility index (Phi) is 10.6. The molecule has 8 nitrogen and oxygen atoms in total. The van der Waals surface area contributed by atoms with E-state index in [1.807, 2.05) is 29.2 Å². The second kappa shape index (κ2) is 14.1. The number of carboxylic acids is 1. The SMILES string of the molecule is CCCCOc1ccc(S(=O)(=O)C2CCN(Cc3ccc(OCCN4CCCCC4)cc3)C(C(=O)O)C2)cc1. The predicted octanol–water partition coefficient (Wildman–Crippen LogP) is 4.62. The van der Waals surface area contributed by atoms with E-state index in [2.05, 4.69) is 11.8 Å². The molecule has 4 rings (SSSR count). The summed E-state index contributed by atoms with van der Waals surface area (Å²) < 4.78 is 38.3. The van der Waals surface area contributed by atoms with Gasteiger partial charge in [0.25, 0.3) is 0 Å². The largest absolute Gasteiger partial charge is 0.494 e. The third kappa shape index (κ3) is 8.19. The second-order valence-electron chi connectivity index (χ2n) is 10.6. The van der Waals surface area contributed by atoms with E-state index in [4.69, 9.17) is 9.47 Å². The van der Waals surface area contributed by atoms with E-state index < -0.39 is 27.1 Å². The summed E-state index contributed by atoms with van der Waals surface area (Å²) in [5, 5.41) is 9.21. The lowest BCUT2D eigenvalue weighted by Crippen LogP contribution is -2.49. The Bertz CT molecular complexity index is 1150. The van der Waals surface area contributed by atoms with Crippen molar-refractivity contribution in [3.63, 3.8) is 0 Å². The minimum absolute atomic E-state index is 0.0596. The summed E-state index contributed by atoms with van der Waals surface area (Å²) in [5.41, 5.74) is 0.976. The fraction of sp³-hybridized carbons (Fsp3) is 0.567. The predicted molar refractivity (Wildman–Crippen MR) is 151 cm³/mol. The highest BCUT2D eigenvalue weighted by Gasteiger charge is 2.39. The van der Waals surface area contributed by atoms with Crippen molar-refractivity contribution < 1.29 is 27.8 Å². The number of carbonyl (C=O) groups is 1. The average Bonchev–Trinajstić information content (AvgIpc) is 2.95. The van der Waals surface area contributed by atoms with Gasteiger partial charge < -0.3 is 14.6 Å². The van der Waals surface area contributed by atoms with Crippen LogP contribution in [0.25, 0.3) is 0 Å². The highest BCUT2D eigenvalue weighted by molar-refractivity contribution is 7.92. The highest BCUT2D eigenvalue weighted by atomic mass is 32.2. The summed E-state index contributed by atoms with van der Waals surface area (Å²) in [4.78, 5) is 16.7. The smallest absolute Gasteiger partial charge is 0.320 e. The van der Waals surface area contributed by atoms with Crippen molar-refractivity contribution in [1.29, 1.82) is 0 Å². The second-order valence-corrected chi connectivity index (χ2v) is 12.8. The Hall–Kier alpha value is -2.62. The molecule has 0 radical (unpaired) electrons. The van der Waals surface area contributed by atoms with Crippen molar-refractivity contribution in [2.24, 2.45) is 0 Å². The fourth-order valence-electron chi connectivity index (χ4n) is 5.36. The topological polar surface area (TPSA) is 96.4 Å². The first-order valence-electron chi connectivity index (χ1n) is 14.2. The maximum atomic E-state index is 13.3. The lowest BCUT2D eigenvalue weighted by molar-refractivity contribution is -0.144. The number of hydrogen-bond acceptors (Lipinski definition) is 7. The zero-order chi connectivity index (χ0) is 27.7. The number of nitrogens with zero attached hydrogens (tertiary/aromatic N) is 2. The van der Waals surface area contributed by atoms with E-state index in [1.54, 1.807) is 24.3 Å². The molecule has 1 N–H and O–H groups in total. The fourth-order valence-corrected chi connectivity index (χ4v) is 7.11. The van der Waals surface area contributed by atoms with Crippen LogP contribution in [0.2, 0.25) is 0 Å². The molecule has 0 saturated carbocycles. The van der Waals surface area contributed by atoms with Gasteiger partial charge in [0, 0.05) is 19.6 Å².